The van der Waals surface area contributed by atoms with Gasteiger partial charge in [-0.15, -0.1) is 0 Å². The molecule has 0 aromatic heterocycles. The van der Waals surface area contributed by atoms with E-state index < -0.39 is 22.3 Å². The number of nitro groups is 1. The molecule has 23 heavy (non-hydrogen) atoms. The van der Waals surface area contributed by atoms with Gasteiger partial charge in [-0.3, -0.25) is 14.9 Å². The van der Waals surface area contributed by atoms with Crippen molar-refractivity contribution in [2.45, 2.75) is 13.8 Å². The highest BCUT2D eigenvalue weighted by Crippen LogP contribution is 2.22. The van der Waals surface area contributed by atoms with Crippen LogP contribution in [0.4, 0.5) is 15.8 Å². The Kier molecular flexibility index (Phi) is 4.90. The number of rotatable bonds is 5. The third-order valence-electron chi connectivity index (χ3n) is 3.12. The van der Waals surface area contributed by atoms with Gasteiger partial charge in [0.25, 0.3) is 5.91 Å². The zero-order valence-corrected chi connectivity index (χ0v) is 12.6. The number of nitro benzene ring substituents is 1. The molecule has 0 saturated carbocycles. The molecule has 0 radical (unpaired) electrons. The van der Waals surface area contributed by atoms with Crippen LogP contribution in [0.3, 0.4) is 0 Å². The van der Waals surface area contributed by atoms with Crippen LogP contribution in [0.25, 0.3) is 0 Å². The number of ether oxygens (including phenoxy) is 1. The molecule has 1 amide bonds. The highest BCUT2D eigenvalue weighted by molar-refractivity contribution is 5.92. The van der Waals surface area contributed by atoms with E-state index in [1.807, 2.05) is 26.0 Å². The summed E-state index contributed by atoms with van der Waals surface area (Å²) in [6.07, 6.45) is 0. The van der Waals surface area contributed by atoms with Gasteiger partial charge < -0.3 is 10.1 Å². The summed E-state index contributed by atoms with van der Waals surface area (Å²) in [4.78, 5) is 21.6. The molecule has 0 aliphatic rings. The first-order chi connectivity index (χ1) is 10.9. The van der Waals surface area contributed by atoms with Gasteiger partial charge in [-0.25, -0.2) is 0 Å². The number of carbonyl (C=O) groups is 1. The Morgan fingerprint density at radius 1 is 1.26 bits per heavy atom. The molecule has 2 rings (SSSR count). The van der Waals surface area contributed by atoms with Crippen molar-refractivity contribution in [3.63, 3.8) is 0 Å². The van der Waals surface area contributed by atoms with E-state index in [2.05, 4.69) is 5.32 Å². The number of aryl methyl sites for hydroxylation is 2. The zero-order chi connectivity index (χ0) is 17.0. The van der Waals surface area contributed by atoms with Gasteiger partial charge in [0.15, 0.2) is 6.61 Å². The molecule has 0 unspecified atom stereocenters. The Labute approximate surface area is 132 Å². The van der Waals surface area contributed by atoms with E-state index in [1.54, 1.807) is 6.07 Å². The number of nitrogens with zero attached hydrogens (tertiary/aromatic N) is 1. The molecule has 0 atom stereocenters. The first-order valence-electron chi connectivity index (χ1n) is 6.80. The molecule has 0 saturated heterocycles. The fourth-order valence-electron chi connectivity index (χ4n) is 2.03. The lowest BCUT2D eigenvalue weighted by molar-refractivity contribution is -0.387. The van der Waals surface area contributed by atoms with E-state index >= 15 is 0 Å². The predicted molar refractivity (Wildman–Crippen MR) is 83.1 cm³/mol. The van der Waals surface area contributed by atoms with E-state index in [9.17, 15) is 19.3 Å². The second-order valence-electron chi connectivity index (χ2n) is 5.03. The summed E-state index contributed by atoms with van der Waals surface area (Å²) >= 11 is 0. The maximum atomic E-state index is 13.2. The molecule has 0 fully saturated rings. The normalized spacial score (nSPS) is 10.2. The molecular formula is C16H15FN2O4. The van der Waals surface area contributed by atoms with Crippen molar-refractivity contribution in [3.8, 4) is 5.75 Å². The Balaban J connectivity index is 2.00. The average Bonchev–Trinajstić information content (AvgIpc) is 2.48. The molecule has 0 aliphatic heterocycles. The first kappa shape index (κ1) is 16.4. The van der Waals surface area contributed by atoms with Crippen LogP contribution in [0.5, 0.6) is 5.75 Å². The van der Waals surface area contributed by atoms with E-state index in [-0.39, 0.29) is 12.3 Å². The summed E-state index contributed by atoms with van der Waals surface area (Å²) < 4.78 is 18.6. The minimum absolute atomic E-state index is 0.132. The van der Waals surface area contributed by atoms with Gasteiger partial charge in [-0.1, -0.05) is 17.7 Å². The summed E-state index contributed by atoms with van der Waals surface area (Å²) in [5.74, 6) is -0.874. The lowest BCUT2D eigenvalue weighted by Gasteiger charge is -2.10. The largest absolute Gasteiger partial charge is 0.483 e. The van der Waals surface area contributed by atoms with Crippen LogP contribution in [-0.2, 0) is 4.79 Å². The highest BCUT2D eigenvalue weighted by Gasteiger charge is 2.15. The Morgan fingerprint density at radius 3 is 2.65 bits per heavy atom. The fraction of sp³-hybridized carbons (Fsp3) is 0.188. The maximum Gasteiger partial charge on any atom is 0.306 e. The second-order valence-corrected chi connectivity index (χ2v) is 5.03. The smallest absolute Gasteiger partial charge is 0.306 e. The van der Waals surface area contributed by atoms with Crippen molar-refractivity contribution in [1.29, 1.82) is 0 Å². The second kappa shape index (κ2) is 6.87. The molecule has 2 aromatic carbocycles. The van der Waals surface area contributed by atoms with Gasteiger partial charge in [0, 0.05) is 11.8 Å². The number of amides is 1. The van der Waals surface area contributed by atoms with Crippen LogP contribution in [0.2, 0.25) is 0 Å². The van der Waals surface area contributed by atoms with E-state index in [4.69, 9.17) is 4.74 Å². The lowest BCUT2D eigenvalue weighted by atomic mass is 10.1. The van der Waals surface area contributed by atoms with Crippen LogP contribution in [-0.4, -0.2) is 17.4 Å². The van der Waals surface area contributed by atoms with Gasteiger partial charge in [0.1, 0.15) is 5.75 Å². The number of anilines is 1. The van der Waals surface area contributed by atoms with Gasteiger partial charge in [-0.05, 0) is 37.6 Å². The predicted octanol–water partition coefficient (Wildman–Crippen LogP) is 3.37. The van der Waals surface area contributed by atoms with Crippen molar-refractivity contribution in [1.82, 2.24) is 0 Å². The maximum absolute atomic E-state index is 13.2. The quantitative estimate of drug-likeness (QED) is 0.677. The molecule has 0 spiro atoms. The van der Waals surface area contributed by atoms with Gasteiger partial charge >= 0.3 is 5.69 Å². The number of carbonyl (C=O) groups excluding carboxylic acids is 1. The summed E-state index contributed by atoms with van der Waals surface area (Å²) in [7, 11) is 0. The standard InChI is InChI=1S/C16H15FN2O4/c1-10-3-6-15(11(2)7-10)23-9-16(20)18-12-4-5-13(17)14(8-12)19(21)22/h3-8H,9H2,1-2H3,(H,18,20). The van der Waals surface area contributed by atoms with Crippen molar-refractivity contribution in [2.75, 3.05) is 11.9 Å². The number of benzene rings is 2. The average molecular weight is 318 g/mol. The Bertz CT molecular complexity index is 762. The van der Waals surface area contributed by atoms with Crippen LogP contribution < -0.4 is 10.1 Å². The monoisotopic (exact) mass is 318 g/mol. The third kappa shape index (κ3) is 4.26. The van der Waals surface area contributed by atoms with Gasteiger partial charge in [0.2, 0.25) is 5.82 Å². The molecule has 0 aliphatic carbocycles. The summed E-state index contributed by atoms with van der Waals surface area (Å²) in [6.45, 7) is 3.56. The zero-order valence-electron chi connectivity index (χ0n) is 12.6. The molecule has 6 nitrogen and oxygen atoms in total. The SMILES string of the molecule is Cc1ccc(OCC(=O)Nc2ccc(F)c([N+](=O)[O-])c2)c(C)c1. The summed E-state index contributed by atoms with van der Waals surface area (Å²) in [6, 6.07) is 8.70. The summed E-state index contributed by atoms with van der Waals surface area (Å²) in [5, 5.41) is 13.1. The first-order valence-corrected chi connectivity index (χ1v) is 6.80. The molecule has 120 valence electrons. The van der Waals surface area contributed by atoms with Crippen LogP contribution in [0.15, 0.2) is 36.4 Å². The number of halogens is 1. The van der Waals surface area contributed by atoms with Crippen LogP contribution >= 0.6 is 0 Å². The van der Waals surface area contributed by atoms with Crippen LogP contribution in [0.1, 0.15) is 11.1 Å². The minimum atomic E-state index is -0.959. The molecular weight excluding hydrogens is 303 g/mol. The Morgan fingerprint density at radius 2 is 2.00 bits per heavy atom. The van der Waals surface area contributed by atoms with Gasteiger partial charge in [-0.2, -0.15) is 4.39 Å². The van der Waals surface area contributed by atoms with E-state index in [0.29, 0.717) is 5.75 Å². The number of hydrogen-bond donors (Lipinski definition) is 1. The molecule has 1 N–H and O–H groups in total. The van der Waals surface area contributed by atoms with Crippen molar-refractivity contribution < 1.29 is 18.8 Å². The fourth-order valence-corrected chi connectivity index (χ4v) is 2.03. The van der Waals surface area contributed by atoms with Crippen LogP contribution in [0, 0.1) is 29.8 Å². The highest BCUT2D eigenvalue weighted by atomic mass is 19.1. The number of hydrogen-bond acceptors (Lipinski definition) is 4. The molecule has 0 heterocycles. The molecule has 2 aromatic rings. The minimum Gasteiger partial charge on any atom is -0.483 e. The topological polar surface area (TPSA) is 81.5 Å². The van der Waals surface area contributed by atoms with Crippen molar-refractivity contribution in [2.24, 2.45) is 0 Å². The van der Waals surface area contributed by atoms with Crippen molar-refractivity contribution in [3.05, 3.63) is 63.5 Å². The summed E-state index contributed by atoms with van der Waals surface area (Å²) in [5.41, 5.74) is 1.42. The lowest BCUT2D eigenvalue weighted by Crippen LogP contribution is -2.20. The molecule has 7 heteroatoms. The molecule has 0 bridgehead atoms. The Hall–Kier alpha value is -2.96. The van der Waals surface area contributed by atoms with Gasteiger partial charge in [0.05, 0.1) is 4.92 Å². The number of nitrogens with one attached hydrogen (secondary N) is 1. The van der Waals surface area contributed by atoms with E-state index in [0.717, 1.165) is 23.3 Å². The third-order valence-corrected chi connectivity index (χ3v) is 3.12. The van der Waals surface area contributed by atoms with Crippen molar-refractivity contribution >= 4 is 17.3 Å². The van der Waals surface area contributed by atoms with E-state index in [1.165, 1.54) is 6.07 Å².